The van der Waals surface area contributed by atoms with Crippen LogP contribution in [0.25, 0.3) is 0 Å². The fourth-order valence-corrected chi connectivity index (χ4v) is 1.78. The second kappa shape index (κ2) is 5.55. The van der Waals surface area contributed by atoms with Gasteiger partial charge in [0.25, 0.3) is 0 Å². The van der Waals surface area contributed by atoms with Gasteiger partial charge in [0.15, 0.2) is 11.5 Å². The van der Waals surface area contributed by atoms with Crippen molar-refractivity contribution in [1.29, 1.82) is 5.26 Å². The monoisotopic (exact) mass is 233 g/mol. The minimum absolute atomic E-state index is 0.185. The van der Waals surface area contributed by atoms with Gasteiger partial charge in [-0.15, -0.1) is 0 Å². The minimum atomic E-state index is -0.548. The molecule has 0 saturated carbocycles. The lowest BCUT2D eigenvalue weighted by Gasteiger charge is -2.19. The van der Waals surface area contributed by atoms with Crippen LogP contribution in [0.15, 0.2) is 18.2 Å². The van der Waals surface area contributed by atoms with E-state index in [1.54, 1.807) is 0 Å². The summed E-state index contributed by atoms with van der Waals surface area (Å²) in [5, 5.41) is 17.9. The molecule has 2 rings (SSSR count). The molecule has 1 unspecified atom stereocenters. The lowest BCUT2D eigenvalue weighted by molar-refractivity contribution is 0.168. The van der Waals surface area contributed by atoms with E-state index in [2.05, 4.69) is 0 Å². The van der Waals surface area contributed by atoms with Gasteiger partial charge in [0.05, 0.1) is 18.6 Å². The number of fused-ring (bicyclic) bond motifs is 1. The number of aliphatic hydroxyl groups excluding tert-OH is 1. The van der Waals surface area contributed by atoms with Gasteiger partial charge >= 0.3 is 0 Å². The Labute approximate surface area is 100 Å². The van der Waals surface area contributed by atoms with E-state index in [-0.39, 0.29) is 6.42 Å². The maximum absolute atomic E-state index is 9.47. The zero-order valence-electron chi connectivity index (χ0n) is 9.56. The lowest BCUT2D eigenvalue weighted by Crippen LogP contribution is -2.15. The summed E-state index contributed by atoms with van der Waals surface area (Å²) in [5.74, 6) is 1.54. The quantitative estimate of drug-likeness (QED) is 0.859. The third-order valence-corrected chi connectivity index (χ3v) is 2.70. The first kappa shape index (κ1) is 11.7. The number of benzene rings is 1. The van der Waals surface area contributed by atoms with Crippen molar-refractivity contribution in [3.05, 3.63) is 23.8 Å². The van der Waals surface area contributed by atoms with E-state index >= 15 is 0 Å². The third kappa shape index (κ3) is 3.11. The molecule has 0 aromatic heterocycles. The molecule has 0 saturated heterocycles. The van der Waals surface area contributed by atoms with Crippen LogP contribution in [-0.4, -0.2) is 24.4 Å². The number of ether oxygens (including phenoxy) is 2. The summed E-state index contributed by atoms with van der Waals surface area (Å²) in [6.45, 7) is 1.17. The third-order valence-electron chi connectivity index (χ3n) is 2.70. The van der Waals surface area contributed by atoms with Crippen LogP contribution in [0.4, 0.5) is 0 Å². The van der Waals surface area contributed by atoms with Crippen LogP contribution in [0, 0.1) is 11.3 Å². The first-order valence-electron chi connectivity index (χ1n) is 5.73. The van der Waals surface area contributed by atoms with Gasteiger partial charge in [0, 0.05) is 0 Å². The second-order valence-corrected chi connectivity index (χ2v) is 4.03. The normalized spacial score (nSPS) is 15.1. The Balaban J connectivity index is 1.95. The molecule has 1 aliphatic heterocycles. The van der Waals surface area contributed by atoms with Gasteiger partial charge in [0.1, 0.15) is 13.2 Å². The number of aryl methyl sites for hydroxylation is 1. The standard InChI is InChI=1S/C13H15NO3/c14-6-5-11(15)3-1-10-2-4-12-13(9-10)17-8-7-16-12/h2,4,9,11,15H,1,3,5,7-8H2. The van der Waals surface area contributed by atoms with Crippen LogP contribution in [0.2, 0.25) is 0 Å². The molecular weight excluding hydrogens is 218 g/mol. The van der Waals surface area contributed by atoms with Crippen molar-refractivity contribution in [3.63, 3.8) is 0 Å². The van der Waals surface area contributed by atoms with Gasteiger partial charge < -0.3 is 14.6 Å². The molecule has 0 amide bonds. The van der Waals surface area contributed by atoms with Crippen molar-refractivity contribution in [3.8, 4) is 17.6 Å². The second-order valence-electron chi connectivity index (χ2n) is 4.03. The van der Waals surface area contributed by atoms with E-state index in [4.69, 9.17) is 14.7 Å². The molecule has 1 atom stereocenters. The molecule has 0 bridgehead atoms. The maximum atomic E-state index is 9.47. The molecule has 4 nitrogen and oxygen atoms in total. The van der Waals surface area contributed by atoms with E-state index in [1.165, 1.54) is 0 Å². The average Bonchev–Trinajstić information content (AvgIpc) is 2.36. The molecule has 0 fully saturated rings. The smallest absolute Gasteiger partial charge is 0.161 e. The molecule has 17 heavy (non-hydrogen) atoms. The van der Waals surface area contributed by atoms with Crippen LogP contribution < -0.4 is 9.47 Å². The maximum Gasteiger partial charge on any atom is 0.161 e. The van der Waals surface area contributed by atoms with Crippen molar-refractivity contribution < 1.29 is 14.6 Å². The number of rotatable bonds is 4. The van der Waals surface area contributed by atoms with Crippen molar-refractivity contribution in [2.75, 3.05) is 13.2 Å². The number of nitriles is 1. The highest BCUT2D eigenvalue weighted by Gasteiger charge is 2.12. The summed E-state index contributed by atoms with van der Waals surface area (Å²) >= 11 is 0. The highest BCUT2D eigenvalue weighted by atomic mass is 16.6. The largest absolute Gasteiger partial charge is 0.486 e. The summed E-state index contributed by atoms with van der Waals surface area (Å²) in [5.41, 5.74) is 1.09. The van der Waals surface area contributed by atoms with Gasteiger partial charge in [-0.05, 0) is 30.5 Å². The van der Waals surface area contributed by atoms with E-state index in [9.17, 15) is 5.11 Å². The molecule has 90 valence electrons. The Bertz CT molecular complexity index is 425. The first-order chi connectivity index (χ1) is 8.29. The predicted octanol–water partition coefficient (Wildman–Crippen LogP) is 1.66. The molecule has 0 radical (unpaired) electrons. The number of aliphatic hydroxyl groups is 1. The molecule has 1 aliphatic rings. The predicted molar refractivity (Wildman–Crippen MR) is 62.0 cm³/mol. The summed E-state index contributed by atoms with van der Waals surface area (Å²) in [6.07, 6.45) is 0.963. The van der Waals surface area contributed by atoms with E-state index in [1.807, 2.05) is 24.3 Å². The van der Waals surface area contributed by atoms with Crippen LogP contribution in [0.5, 0.6) is 11.5 Å². The van der Waals surface area contributed by atoms with Crippen LogP contribution in [-0.2, 0) is 6.42 Å². The molecule has 1 heterocycles. The van der Waals surface area contributed by atoms with Crippen molar-refractivity contribution in [1.82, 2.24) is 0 Å². The van der Waals surface area contributed by atoms with Gasteiger partial charge in [-0.2, -0.15) is 5.26 Å². The number of hydrogen-bond donors (Lipinski definition) is 1. The summed E-state index contributed by atoms with van der Waals surface area (Å²) < 4.78 is 10.9. The van der Waals surface area contributed by atoms with Gasteiger partial charge in [-0.1, -0.05) is 6.07 Å². The van der Waals surface area contributed by atoms with Crippen molar-refractivity contribution in [2.24, 2.45) is 0 Å². The highest BCUT2D eigenvalue weighted by Crippen LogP contribution is 2.31. The number of hydrogen-bond acceptors (Lipinski definition) is 4. The van der Waals surface area contributed by atoms with Gasteiger partial charge in [-0.25, -0.2) is 0 Å². The summed E-state index contributed by atoms with van der Waals surface area (Å²) in [4.78, 5) is 0. The summed E-state index contributed by atoms with van der Waals surface area (Å²) in [6, 6.07) is 7.75. The van der Waals surface area contributed by atoms with Crippen LogP contribution >= 0.6 is 0 Å². The van der Waals surface area contributed by atoms with Gasteiger partial charge in [-0.3, -0.25) is 0 Å². The van der Waals surface area contributed by atoms with Crippen LogP contribution in [0.1, 0.15) is 18.4 Å². The molecule has 1 aromatic rings. The lowest BCUT2D eigenvalue weighted by atomic mass is 10.0. The Morgan fingerprint density at radius 2 is 2.06 bits per heavy atom. The molecule has 0 spiro atoms. The molecule has 1 N–H and O–H groups in total. The average molecular weight is 233 g/mol. The van der Waals surface area contributed by atoms with Gasteiger partial charge in [0.2, 0.25) is 0 Å². The fourth-order valence-electron chi connectivity index (χ4n) is 1.78. The van der Waals surface area contributed by atoms with E-state index in [0.29, 0.717) is 19.6 Å². The first-order valence-corrected chi connectivity index (χ1v) is 5.73. The topological polar surface area (TPSA) is 62.5 Å². The Morgan fingerprint density at radius 3 is 2.82 bits per heavy atom. The SMILES string of the molecule is N#CCC(O)CCc1ccc2c(c1)OCCO2. The molecular formula is C13H15NO3. The highest BCUT2D eigenvalue weighted by molar-refractivity contribution is 5.43. The fraction of sp³-hybridized carbons (Fsp3) is 0.462. The Hall–Kier alpha value is -1.73. The van der Waals surface area contributed by atoms with Crippen molar-refractivity contribution in [2.45, 2.75) is 25.4 Å². The molecule has 4 heteroatoms. The molecule has 0 aliphatic carbocycles. The Morgan fingerprint density at radius 1 is 1.29 bits per heavy atom. The zero-order chi connectivity index (χ0) is 12.1. The Kier molecular flexibility index (Phi) is 3.84. The zero-order valence-corrected chi connectivity index (χ0v) is 9.56. The molecule has 1 aromatic carbocycles. The van der Waals surface area contributed by atoms with Crippen molar-refractivity contribution >= 4 is 0 Å². The minimum Gasteiger partial charge on any atom is -0.486 e. The van der Waals surface area contributed by atoms with Crippen LogP contribution in [0.3, 0.4) is 0 Å². The van der Waals surface area contributed by atoms with E-state index < -0.39 is 6.10 Å². The number of nitrogens with zero attached hydrogens (tertiary/aromatic N) is 1. The summed E-state index contributed by atoms with van der Waals surface area (Å²) in [7, 11) is 0. The van der Waals surface area contributed by atoms with E-state index in [0.717, 1.165) is 23.5 Å².